The van der Waals surface area contributed by atoms with Crippen LogP contribution in [0, 0.1) is 0 Å². The summed E-state index contributed by atoms with van der Waals surface area (Å²) in [6.45, 7) is 0. The zero-order valence-corrected chi connectivity index (χ0v) is 7.35. The molecule has 5 heteroatoms. The number of carbonyl (C=O) groups excluding carboxylic acids is 2. The summed E-state index contributed by atoms with van der Waals surface area (Å²) in [5.74, 6) is -0.944. The van der Waals surface area contributed by atoms with Gasteiger partial charge in [0.15, 0.2) is 0 Å². The van der Waals surface area contributed by atoms with Crippen molar-refractivity contribution < 1.29 is 14.8 Å². The second kappa shape index (κ2) is 2.26. The van der Waals surface area contributed by atoms with E-state index in [-0.39, 0.29) is 15.4 Å². The van der Waals surface area contributed by atoms with Gasteiger partial charge in [0.05, 0.1) is 0 Å². The minimum atomic E-state index is -0.484. The summed E-state index contributed by atoms with van der Waals surface area (Å²) < 4.78 is -0.255. The zero-order valence-electron chi connectivity index (χ0n) is 4.50. The van der Waals surface area contributed by atoms with E-state index >= 15 is 0 Å². The van der Waals surface area contributed by atoms with Gasteiger partial charge in [-0.2, -0.15) is 0 Å². The van der Waals surface area contributed by atoms with Crippen molar-refractivity contribution in [2.75, 3.05) is 0 Å². The molecule has 0 aromatic heterocycles. The quantitative estimate of drug-likeness (QED) is 0.334. The Morgan fingerprint density at radius 2 is 2.22 bits per heavy atom. The first-order chi connectivity index (χ1) is 4.13. The molecule has 3 radical (unpaired) electrons. The van der Waals surface area contributed by atoms with E-state index in [0.29, 0.717) is 0 Å². The Balaban J connectivity index is 2.77. The molecule has 1 atom stereocenters. The summed E-state index contributed by atoms with van der Waals surface area (Å²) in [5.41, 5.74) is 0. The molecule has 1 aliphatic heterocycles. The summed E-state index contributed by atoms with van der Waals surface area (Å²) in [5, 5.41) is 8.79. The Kier molecular flexibility index (Phi) is 1.76. The Hall–Kier alpha value is -0.101. The molecular weight excluding hydrogens is 229 g/mol. The fourth-order valence-corrected chi connectivity index (χ4v) is 1.47. The van der Waals surface area contributed by atoms with Crippen LogP contribution in [0.5, 0.6) is 0 Å². The molecule has 0 aromatic rings. The number of hydrogen-bond acceptors (Lipinski definition) is 3. The van der Waals surface area contributed by atoms with Crippen LogP contribution in [0.1, 0.15) is 6.42 Å². The molecule has 1 fully saturated rings. The molecule has 1 N–H and O–H groups in total. The van der Waals surface area contributed by atoms with Crippen LogP contribution < -0.4 is 0 Å². The second-order valence-electron chi connectivity index (χ2n) is 1.80. The molecule has 1 saturated heterocycles. The van der Waals surface area contributed by atoms with Gasteiger partial charge in [0, 0.05) is 0 Å². The Labute approximate surface area is 64.9 Å². The number of imide groups is 1. The average Bonchev–Trinajstić information content (AvgIpc) is 1.98. The summed E-state index contributed by atoms with van der Waals surface area (Å²) in [6, 6.07) is 0. The molecule has 0 aromatic carbocycles. The van der Waals surface area contributed by atoms with Crippen LogP contribution in [0.2, 0.25) is 3.93 Å². The van der Waals surface area contributed by atoms with E-state index in [1.165, 1.54) is 0 Å². The monoisotopic (exact) mass is 234 g/mol. The number of rotatable bonds is 0. The Morgan fingerprint density at radius 1 is 1.67 bits per heavy atom. The van der Waals surface area contributed by atoms with Crippen LogP contribution in [0.15, 0.2) is 0 Å². The van der Waals surface area contributed by atoms with E-state index in [2.05, 4.69) is 0 Å². The molecular formula is C4H4NO3Sn. The summed E-state index contributed by atoms with van der Waals surface area (Å²) in [6.07, 6.45) is 0.174. The van der Waals surface area contributed by atoms with E-state index < -0.39 is 11.8 Å². The minimum absolute atomic E-state index is 0.174. The van der Waals surface area contributed by atoms with Crippen LogP contribution in [0.4, 0.5) is 0 Å². The SMILES string of the molecule is O=C1C[CH]([Sn])C(=O)N1O. The van der Waals surface area contributed by atoms with Gasteiger partial charge in [0.2, 0.25) is 0 Å². The van der Waals surface area contributed by atoms with Gasteiger partial charge in [-0.25, -0.2) is 0 Å². The fraction of sp³-hybridized carbons (Fsp3) is 0.500. The van der Waals surface area contributed by atoms with Crippen molar-refractivity contribution >= 4 is 34.3 Å². The third-order valence-corrected chi connectivity index (χ3v) is 2.41. The van der Waals surface area contributed by atoms with Crippen molar-refractivity contribution in [3.05, 3.63) is 0 Å². The van der Waals surface area contributed by atoms with Gasteiger partial charge in [0.25, 0.3) is 0 Å². The maximum atomic E-state index is 10.6. The van der Waals surface area contributed by atoms with Gasteiger partial charge in [-0.3, -0.25) is 0 Å². The maximum absolute atomic E-state index is 10.6. The number of hydrogen-bond donors (Lipinski definition) is 1. The standard InChI is InChI=1S/C4H4NO3.Sn/c6-3-1-2-4(7)5(3)8;/h1,8H,2H2;. The second-order valence-corrected chi connectivity index (χ2v) is 3.79. The zero-order chi connectivity index (χ0) is 7.02. The first-order valence-corrected chi connectivity index (χ1v) is 4.04. The molecule has 47 valence electrons. The number of carbonyl (C=O) groups is 2. The molecule has 1 rings (SSSR count). The number of hydroxylamine groups is 2. The summed E-state index contributed by atoms with van der Waals surface area (Å²) in [4.78, 5) is 21.1. The molecule has 2 amide bonds. The molecule has 4 nitrogen and oxygen atoms in total. The topological polar surface area (TPSA) is 57.6 Å². The van der Waals surface area contributed by atoms with E-state index in [0.717, 1.165) is 22.5 Å². The van der Waals surface area contributed by atoms with Crippen LogP contribution in [-0.4, -0.2) is 44.6 Å². The summed E-state index contributed by atoms with van der Waals surface area (Å²) >= 11 is 0.981. The van der Waals surface area contributed by atoms with Crippen LogP contribution in [-0.2, 0) is 9.59 Å². The first kappa shape index (κ1) is 7.01. The molecule has 1 heterocycles. The van der Waals surface area contributed by atoms with Gasteiger partial charge < -0.3 is 0 Å². The van der Waals surface area contributed by atoms with E-state index in [4.69, 9.17) is 5.21 Å². The van der Waals surface area contributed by atoms with E-state index in [1.54, 1.807) is 0 Å². The van der Waals surface area contributed by atoms with Gasteiger partial charge in [-0.15, -0.1) is 0 Å². The van der Waals surface area contributed by atoms with Crippen molar-refractivity contribution in [1.82, 2.24) is 5.06 Å². The molecule has 1 aliphatic rings. The van der Waals surface area contributed by atoms with Crippen molar-refractivity contribution in [3.8, 4) is 0 Å². The Morgan fingerprint density at radius 3 is 2.33 bits per heavy atom. The van der Waals surface area contributed by atoms with Crippen molar-refractivity contribution in [3.63, 3.8) is 0 Å². The van der Waals surface area contributed by atoms with Gasteiger partial charge in [0.1, 0.15) is 0 Å². The van der Waals surface area contributed by atoms with Gasteiger partial charge >= 0.3 is 64.6 Å². The van der Waals surface area contributed by atoms with Crippen molar-refractivity contribution in [1.29, 1.82) is 0 Å². The molecule has 0 aliphatic carbocycles. The number of nitrogens with zero attached hydrogens (tertiary/aromatic N) is 1. The molecule has 0 saturated carbocycles. The third kappa shape index (κ3) is 1.09. The van der Waals surface area contributed by atoms with Crippen molar-refractivity contribution in [2.24, 2.45) is 0 Å². The Bertz CT molecular complexity index is 169. The predicted octanol–water partition coefficient (Wildman–Crippen LogP) is -0.909. The molecule has 1 unspecified atom stereocenters. The average molecular weight is 233 g/mol. The van der Waals surface area contributed by atoms with E-state index in [9.17, 15) is 9.59 Å². The predicted molar refractivity (Wildman–Crippen MR) is 27.8 cm³/mol. The third-order valence-electron chi connectivity index (χ3n) is 1.12. The normalized spacial score (nSPS) is 27.8. The van der Waals surface area contributed by atoms with Gasteiger partial charge in [-0.1, -0.05) is 0 Å². The molecule has 0 spiro atoms. The van der Waals surface area contributed by atoms with Crippen LogP contribution >= 0.6 is 0 Å². The van der Waals surface area contributed by atoms with Gasteiger partial charge in [-0.05, 0) is 0 Å². The van der Waals surface area contributed by atoms with E-state index in [1.807, 2.05) is 0 Å². The summed E-state index contributed by atoms with van der Waals surface area (Å²) in [7, 11) is 0. The number of amides is 2. The van der Waals surface area contributed by atoms with Crippen LogP contribution in [0.3, 0.4) is 0 Å². The van der Waals surface area contributed by atoms with Crippen molar-refractivity contribution in [2.45, 2.75) is 10.4 Å². The first-order valence-electron chi connectivity index (χ1n) is 2.39. The molecule has 0 bridgehead atoms. The molecule has 9 heavy (non-hydrogen) atoms. The van der Waals surface area contributed by atoms with Crippen LogP contribution in [0.25, 0.3) is 0 Å². The fourth-order valence-electron chi connectivity index (χ4n) is 0.619.